The highest BCUT2D eigenvalue weighted by atomic mass is 16.5. The van der Waals surface area contributed by atoms with Crippen molar-refractivity contribution in [2.24, 2.45) is 0 Å². The van der Waals surface area contributed by atoms with Gasteiger partial charge in [-0.3, -0.25) is 4.79 Å². The van der Waals surface area contributed by atoms with Crippen molar-refractivity contribution in [3.05, 3.63) is 0 Å². The molecule has 0 heterocycles. The van der Waals surface area contributed by atoms with Crippen molar-refractivity contribution in [2.45, 2.75) is 37.8 Å². The first kappa shape index (κ1) is 14.4. The highest BCUT2D eigenvalue weighted by Crippen LogP contribution is 2.18. The van der Waals surface area contributed by atoms with Crippen LogP contribution in [0.4, 0.5) is 0 Å². The first-order chi connectivity index (χ1) is 8.26. The van der Waals surface area contributed by atoms with Gasteiger partial charge in [-0.25, -0.2) is 0 Å². The summed E-state index contributed by atoms with van der Waals surface area (Å²) in [5, 5.41) is 6.28. The molecule has 17 heavy (non-hydrogen) atoms. The molecule has 1 aliphatic rings. The first-order valence-corrected chi connectivity index (χ1v) is 6.29. The van der Waals surface area contributed by atoms with Gasteiger partial charge in [0.25, 0.3) is 0 Å². The Balaban J connectivity index is 2.06. The summed E-state index contributed by atoms with van der Waals surface area (Å²) in [5.41, 5.74) is 0. The number of ether oxygens (including phenoxy) is 2. The molecule has 5 heteroatoms. The molecule has 1 saturated carbocycles. The number of amides is 1. The Morgan fingerprint density at radius 3 is 2.41 bits per heavy atom. The molecule has 0 radical (unpaired) electrons. The molecule has 0 bridgehead atoms. The summed E-state index contributed by atoms with van der Waals surface area (Å²) in [6, 6.07) is 0.930. The second-order valence-corrected chi connectivity index (χ2v) is 4.45. The summed E-state index contributed by atoms with van der Waals surface area (Å²) >= 11 is 0. The zero-order valence-electron chi connectivity index (χ0n) is 10.8. The standard InChI is InChI=1S/C12H24N2O3/c1-13-10-3-5-11(6-4-10)14-12(15)9-17-8-7-16-2/h10-11,13H,3-9H2,1-2H3,(H,14,15). The van der Waals surface area contributed by atoms with Gasteiger partial charge in [0, 0.05) is 19.2 Å². The smallest absolute Gasteiger partial charge is 0.246 e. The third-order valence-electron chi connectivity index (χ3n) is 3.17. The van der Waals surface area contributed by atoms with Gasteiger partial charge in [0.05, 0.1) is 13.2 Å². The molecule has 0 aromatic heterocycles. The van der Waals surface area contributed by atoms with Gasteiger partial charge in [-0.05, 0) is 32.7 Å². The van der Waals surface area contributed by atoms with E-state index in [0.29, 0.717) is 25.3 Å². The van der Waals surface area contributed by atoms with E-state index in [9.17, 15) is 4.79 Å². The fourth-order valence-corrected chi connectivity index (χ4v) is 2.10. The van der Waals surface area contributed by atoms with E-state index in [4.69, 9.17) is 9.47 Å². The fourth-order valence-electron chi connectivity index (χ4n) is 2.10. The lowest BCUT2D eigenvalue weighted by Gasteiger charge is -2.28. The van der Waals surface area contributed by atoms with E-state index in [-0.39, 0.29) is 12.5 Å². The molecule has 1 aliphatic carbocycles. The Morgan fingerprint density at radius 2 is 1.82 bits per heavy atom. The quantitative estimate of drug-likeness (QED) is 0.632. The molecular formula is C12H24N2O3. The van der Waals surface area contributed by atoms with Crippen LogP contribution in [0.15, 0.2) is 0 Å². The van der Waals surface area contributed by atoms with Gasteiger partial charge in [0.15, 0.2) is 0 Å². The van der Waals surface area contributed by atoms with Crippen LogP contribution in [0, 0.1) is 0 Å². The van der Waals surface area contributed by atoms with Crippen LogP contribution in [0.2, 0.25) is 0 Å². The number of carbonyl (C=O) groups excluding carboxylic acids is 1. The van der Waals surface area contributed by atoms with Crippen molar-refractivity contribution in [2.75, 3.05) is 34.0 Å². The number of carbonyl (C=O) groups is 1. The van der Waals surface area contributed by atoms with Gasteiger partial charge in [-0.1, -0.05) is 0 Å². The molecule has 1 amide bonds. The summed E-state index contributed by atoms with van der Waals surface area (Å²) in [6.07, 6.45) is 4.36. The SMILES string of the molecule is CNC1CCC(NC(=O)COCCOC)CC1. The maximum atomic E-state index is 11.5. The zero-order valence-corrected chi connectivity index (χ0v) is 10.8. The average molecular weight is 244 g/mol. The molecule has 0 aliphatic heterocycles. The van der Waals surface area contributed by atoms with Crippen LogP contribution in [-0.4, -0.2) is 52.0 Å². The van der Waals surface area contributed by atoms with E-state index in [1.54, 1.807) is 7.11 Å². The highest BCUT2D eigenvalue weighted by molar-refractivity contribution is 5.77. The minimum absolute atomic E-state index is 0.0194. The van der Waals surface area contributed by atoms with Crippen LogP contribution < -0.4 is 10.6 Å². The third-order valence-corrected chi connectivity index (χ3v) is 3.17. The Hall–Kier alpha value is -0.650. The fraction of sp³-hybridized carbons (Fsp3) is 0.917. The molecule has 0 saturated heterocycles. The predicted octanol–water partition coefficient (Wildman–Crippen LogP) is 0.296. The maximum Gasteiger partial charge on any atom is 0.246 e. The number of nitrogens with one attached hydrogen (secondary N) is 2. The topological polar surface area (TPSA) is 59.6 Å². The lowest BCUT2D eigenvalue weighted by atomic mass is 9.91. The zero-order chi connectivity index (χ0) is 12.5. The lowest BCUT2D eigenvalue weighted by Crippen LogP contribution is -2.42. The molecule has 1 fully saturated rings. The van der Waals surface area contributed by atoms with Crippen LogP contribution >= 0.6 is 0 Å². The van der Waals surface area contributed by atoms with E-state index in [0.717, 1.165) is 25.7 Å². The van der Waals surface area contributed by atoms with Gasteiger partial charge >= 0.3 is 0 Å². The van der Waals surface area contributed by atoms with Gasteiger partial charge in [-0.2, -0.15) is 0 Å². The third kappa shape index (κ3) is 6.00. The lowest BCUT2D eigenvalue weighted by molar-refractivity contribution is -0.127. The highest BCUT2D eigenvalue weighted by Gasteiger charge is 2.20. The minimum atomic E-state index is -0.0194. The molecule has 5 nitrogen and oxygen atoms in total. The van der Waals surface area contributed by atoms with Gasteiger partial charge in [0.1, 0.15) is 6.61 Å². The molecule has 0 aromatic rings. The maximum absolute atomic E-state index is 11.5. The van der Waals surface area contributed by atoms with Crippen LogP contribution in [0.25, 0.3) is 0 Å². The summed E-state index contributed by atoms with van der Waals surface area (Å²) < 4.78 is 10.0. The molecule has 100 valence electrons. The molecule has 0 aromatic carbocycles. The first-order valence-electron chi connectivity index (χ1n) is 6.29. The number of hydrogen-bond acceptors (Lipinski definition) is 4. The van der Waals surface area contributed by atoms with Crippen LogP contribution in [-0.2, 0) is 14.3 Å². The van der Waals surface area contributed by atoms with Crippen molar-refractivity contribution < 1.29 is 14.3 Å². The largest absolute Gasteiger partial charge is 0.382 e. The molecule has 0 spiro atoms. The minimum Gasteiger partial charge on any atom is -0.382 e. The molecule has 0 atom stereocenters. The van der Waals surface area contributed by atoms with Crippen molar-refractivity contribution in [3.8, 4) is 0 Å². The Bertz CT molecular complexity index is 216. The number of hydrogen-bond donors (Lipinski definition) is 2. The van der Waals surface area contributed by atoms with E-state index in [1.807, 2.05) is 7.05 Å². The van der Waals surface area contributed by atoms with Gasteiger partial charge in [0.2, 0.25) is 5.91 Å². The monoisotopic (exact) mass is 244 g/mol. The Morgan fingerprint density at radius 1 is 1.18 bits per heavy atom. The Kier molecular flexibility index (Phi) is 7.16. The molecule has 0 unspecified atom stereocenters. The average Bonchev–Trinajstić information content (AvgIpc) is 2.36. The van der Waals surface area contributed by atoms with Crippen molar-refractivity contribution in [1.82, 2.24) is 10.6 Å². The summed E-state index contributed by atoms with van der Waals surface area (Å²) in [5.74, 6) is -0.0194. The van der Waals surface area contributed by atoms with E-state index >= 15 is 0 Å². The van der Waals surface area contributed by atoms with E-state index in [1.165, 1.54) is 0 Å². The van der Waals surface area contributed by atoms with Gasteiger partial charge < -0.3 is 20.1 Å². The van der Waals surface area contributed by atoms with Crippen LogP contribution in [0.3, 0.4) is 0 Å². The molecule has 1 rings (SSSR count). The Labute approximate surface area is 103 Å². The second-order valence-electron chi connectivity index (χ2n) is 4.45. The summed E-state index contributed by atoms with van der Waals surface area (Å²) in [4.78, 5) is 11.5. The van der Waals surface area contributed by atoms with Crippen molar-refractivity contribution in [1.29, 1.82) is 0 Å². The molecule has 2 N–H and O–H groups in total. The number of methoxy groups -OCH3 is 1. The molecular weight excluding hydrogens is 220 g/mol. The number of rotatable bonds is 7. The van der Waals surface area contributed by atoms with E-state index < -0.39 is 0 Å². The normalized spacial score (nSPS) is 24.6. The summed E-state index contributed by atoms with van der Waals surface area (Å²) in [7, 11) is 3.61. The van der Waals surface area contributed by atoms with Crippen molar-refractivity contribution >= 4 is 5.91 Å². The second kappa shape index (κ2) is 8.44. The summed E-state index contributed by atoms with van der Waals surface area (Å²) in [6.45, 7) is 1.13. The van der Waals surface area contributed by atoms with Crippen molar-refractivity contribution in [3.63, 3.8) is 0 Å². The van der Waals surface area contributed by atoms with Crippen LogP contribution in [0.1, 0.15) is 25.7 Å². The van der Waals surface area contributed by atoms with E-state index in [2.05, 4.69) is 10.6 Å². The predicted molar refractivity (Wildman–Crippen MR) is 65.9 cm³/mol. The van der Waals surface area contributed by atoms with Gasteiger partial charge in [-0.15, -0.1) is 0 Å². The van der Waals surface area contributed by atoms with Crippen LogP contribution in [0.5, 0.6) is 0 Å².